The van der Waals surface area contributed by atoms with E-state index in [4.69, 9.17) is 4.74 Å². The van der Waals surface area contributed by atoms with E-state index in [1.165, 1.54) is 38.4 Å². The molecule has 2 rings (SSSR count). The summed E-state index contributed by atoms with van der Waals surface area (Å²) in [6, 6.07) is 0. The Bertz CT molecular complexity index is 276. The molecule has 2 unspecified atom stereocenters. The Hall–Kier alpha value is -0.990. The van der Waals surface area contributed by atoms with E-state index < -0.39 is 0 Å². The topological polar surface area (TPSA) is 29.5 Å². The lowest BCUT2D eigenvalue weighted by molar-refractivity contribution is 0.0210. The van der Waals surface area contributed by atoms with Gasteiger partial charge in [-0.3, -0.25) is 0 Å². The molecule has 0 radical (unpaired) electrons. The van der Waals surface area contributed by atoms with E-state index in [0.717, 1.165) is 19.0 Å². The SMILES string of the molecule is C=COC(=O)N1CC2CCCC(C1)C2CCC. The maximum Gasteiger partial charge on any atom is 0.414 e. The number of likely N-dealkylation sites (tertiary alicyclic amines) is 1. The third-order valence-electron chi connectivity index (χ3n) is 4.33. The zero-order valence-electron chi connectivity index (χ0n) is 10.7. The van der Waals surface area contributed by atoms with Crippen molar-refractivity contribution in [2.24, 2.45) is 17.8 Å². The van der Waals surface area contributed by atoms with E-state index in [0.29, 0.717) is 11.8 Å². The molecule has 0 aromatic rings. The van der Waals surface area contributed by atoms with Gasteiger partial charge in [-0.1, -0.05) is 32.8 Å². The zero-order chi connectivity index (χ0) is 12.3. The van der Waals surface area contributed by atoms with Crippen molar-refractivity contribution in [3.63, 3.8) is 0 Å². The summed E-state index contributed by atoms with van der Waals surface area (Å²) in [5.74, 6) is 2.22. The van der Waals surface area contributed by atoms with Crippen LogP contribution in [0.25, 0.3) is 0 Å². The lowest BCUT2D eigenvalue weighted by atomic mass is 9.67. The van der Waals surface area contributed by atoms with Crippen molar-refractivity contribution in [1.82, 2.24) is 4.90 Å². The van der Waals surface area contributed by atoms with E-state index in [9.17, 15) is 4.79 Å². The quantitative estimate of drug-likeness (QED) is 0.704. The number of hydrogen-bond donors (Lipinski definition) is 0. The van der Waals surface area contributed by atoms with E-state index >= 15 is 0 Å². The monoisotopic (exact) mass is 237 g/mol. The Morgan fingerprint density at radius 3 is 2.59 bits per heavy atom. The molecule has 1 saturated heterocycles. The van der Waals surface area contributed by atoms with Crippen LogP contribution in [0.2, 0.25) is 0 Å². The molecule has 2 fully saturated rings. The van der Waals surface area contributed by atoms with Crippen LogP contribution >= 0.6 is 0 Å². The number of fused-ring (bicyclic) bond motifs is 2. The van der Waals surface area contributed by atoms with E-state index in [1.807, 2.05) is 4.90 Å². The standard InChI is InChI=1S/C14H23NO2/c1-3-6-13-11-7-5-8-12(13)10-15(9-11)14(16)17-4-2/h4,11-13H,2-3,5-10H2,1H3. The number of amides is 1. The lowest BCUT2D eigenvalue weighted by Gasteiger charge is -2.47. The van der Waals surface area contributed by atoms with Crippen molar-refractivity contribution in [3.05, 3.63) is 12.8 Å². The van der Waals surface area contributed by atoms with Crippen LogP contribution in [0.15, 0.2) is 12.8 Å². The average molecular weight is 237 g/mol. The Morgan fingerprint density at radius 2 is 2.06 bits per heavy atom. The summed E-state index contributed by atoms with van der Waals surface area (Å²) in [6.45, 7) is 7.47. The number of carbonyl (C=O) groups excluding carboxylic acids is 1. The van der Waals surface area contributed by atoms with E-state index in [2.05, 4.69) is 13.5 Å². The summed E-state index contributed by atoms with van der Waals surface area (Å²) >= 11 is 0. The highest BCUT2D eigenvalue weighted by atomic mass is 16.5. The maximum atomic E-state index is 11.7. The summed E-state index contributed by atoms with van der Waals surface area (Å²) in [5.41, 5.74) is 0. The zero-order valence-corrected chi connectivity index (χ0v) is 10.7. The molecule has 0 N–H and O–H groups in total. The van der Waals surface area contributed by atoms with Crippen molar-refractivity contribution in [2.45, 2.75) is 39.0 Å². The summed E-state index contributed by atoms with van der Waals surface area (Å²) in [5, 5.41) is 0. The molecule has 2 bridgehead atoms. The van der Waals surface area contributed by atoms with Gasteiger partial charge < -0.3 is 9.64 Å². The normalized spacial score (nSPS) is 32.1. The van der Waals surface area contributed by atoms with Crippen LogP contribution in [-0.2, 0) is 4.74 Å². The predicted octanol–water partition coefficient (Wildman–Crippen LogP) is 3.41. The first kappa shape index (κ1) is 12.5. The molecule has 1 aliphatic heterocycles. The molecule has 1 heterocycles. The van der Waals surface area contributed by atoms with Crippen LogP contribution in [0.5, 0.6) is 0 Å². The molecule has 17 heavy (non-hydrogen) atoms. The minimum atomic E-state index is -0.216. The first-order valence-corrected chi connectivity index (χ1v) is 6.82. The number of rotatable bonds is 3. The van der Waals surface area contributed by atoms with Crippen LogP contribution in [-0.4, -0.2) is 24.1 Å². The Kier molecular flexibility index (Phi) is 4.08. The summed E-state index contributed by atoms with van der Waals surface area (Å²) in [7, 11) is 0. The van der Waals surface area contributed by atoms with Crippen LogP contribution in [0, 0.1) is 17.8 Å². The lowest BCUT2D eigenvalue weighted by Crippen LogP contribution is -2.50. The molecule has 3 heteroatoms. The highest BCUT2D eigenvalue weighted by Gasteiger charge is 2.40. The number of carbonyl (C=O) groups is 1. The first-order chi connectivity index (χ1) is 8.26. The summed E-state index contributed by atoms with van der Waals surface area (Å²) in [4.78, 5) is 13.6. The van der Waals surface area contributed by atoms with Crippen LogP contribution in [0.1, 0.15) is 39.0 Å². The number of piperidine rings is 1. The third-order valence-corrected chi connectivity index (χ3v) is 4.33. The molecule has 1 aliphatic carbocycles. The first-order valence-electron chi connectivity index (χ1n) is 6.82. The molecule has 0 aromatic heterocycles. The molecule has 1 saturated carbocycles. The van der Waals surface area contributed by atoms with Gasteiger partial charge >= 0.3 is 6.09 Å². The van der Waals surface area contributed by atoms with E-state index in [-0.39, 0.29) is 6.09 Å². The van der Waals surface area contributed by atoms with Gasteiger partial charge in [0.15, 0.2) is 0 Å². The van der Waals surface area contributed by atoms with Crippen LogP contribution < -0.4 is 0 Å². The molecular weight excluding hydrogens is 214 g/mol. The van der Waals surface area contributed by atoms with Gasteiger partial charge in [0, 0.05) is 13.1 Å². The second-order valence-electron chi connectivity index (χ2n) is 5.36. The van der Waals surface area contributed by atoms with Gasteiger partial charge in [-0.25, -0.2) is 4.79 Å². The second-order valence-corrected chi connectivity index (χ2v) is 5.36. The fourth-order valence-electron chi connectivity index (χ4n) is 3.65. The Labute approximate surface area is 104 Å². The molecule has 96 valence electrons. The van der Waals surface area contributed by atoms with Gasteiger partial charge in [0.05, 0.1) is 6.26 Å². The van der Waals surface area contributed by atoms with Crippen LogP contribution in [0.4, 0.5) is 4.79 Å². The largest absolute Gasteiger partial charge is 0.419 e. The van der Waals surface area contributed by atoms with Gasteiger partial charge in [-0.2, -0.15) is 0 Å². The number of ether oxygens (including phenoxy) is 1. The minimum absolute atomic E-state index is 0.216. The van der Waals surface area contributed by atoms with Gasteiger partial charge in [0.2, 0.25) is 0 Å². The Balaban J connectivity index is 2.00. The molecule has 2 aliphatic rings. The summed E-state index contributed by atoms with van der Waals surface area (Å²) in [6.07, 6.45) is 7.48. The summed E-state index contributed by atoms with van der Waals surface area (Å²) < 4.78 is 4.89. The minimum Gasteiger partial charge on any atom is -0.419 e. The van der Waals surface area contributed by atoms with Crippen molar-refractivity contribution in [2.75, 3.05) is 13.1 Å². The van der Waals surface area contributed by atoms with Crippen molar-refractivity contribution in [1.29, 1.82) is 0 Å². The molecular formula is C14H23NO2. The third kappa shape index (κ3) is 2.64. The highest BCUT2D eigenvalue weighted by Crippen LogP contribution is 2.42. The number of hydrogen-bond acceptors (Lipinski definition) is 2. The van der Waals surface area contributed by atoms with Crippen LogP contribution in [0.3, 0.4) is 0 Å². The van der Waals surface area contributed by atoms with Gasteiger partial charge in [0.1, 0.15) is 0 Å². The fourth-order valence-corrected chi connectivity index (χ4v) is 3.65. The van der Waals surface area contributed by atoms with Crippen molar-refractivity contribution in [3.8, 4) is 0 Å². The van der Waals surface area contributed by atoms with Gasteiger partial charge in [-0.05, 0) is 30.6 Å². The molecule has 1 amide bonds. The molecule has 3 nitrogen and oxygen atoms in total. The predicted molar refractivity (Wildman–Crippen MR) is 67.5 cm³/mol. The Morgan fingerprint density at radius 1 is 1.41 bits per heavy atom. The van der Waals surface area contributed by atoms with Gasteiger partial charge in [0.25, 0.3) is 0 Å². The smallest absolute Gasteiger partial charge is 0.414 e. The average Bonchev–Trinajstić information content (AvgIpc) is 2.29. The van der Waals surface area contributed by atoms with Crippen molar-refractivity contribution >= 4 is 6.09 Å². The van der Waals surface area contributed by atoms with Crippen molar-refractivity contribution < 1.29 is 9.53 Å². The van der Waals surface area contributed by atoms with Gasteiger partial charge in [-0.15, -0.1) is 0 Å². The molecule has 0 spiro atoms. The van der Waals surface area contributed by atoms with E-state index in [1.54, 1.807) is 0 Å². The second kappa shape index (κ2) is 5.56. The molecule has 2 atom stereocenters. The molecule has 0 aromatic carbocycles. The fraction of sp³-hybridized carbons (Fsp3) is 0.786. The highest BCUT2D eigenvalue weighted by molar-refractivity contribution is 5.68. The maximum absolute atomic E-state index is 11.7. The number of nitrogens with zero attached hydrogens (tertiary/aromatic N) is 1.